The van der Waals surface area contributed by atoms with Crippen LogP contribution in [0.5, 0.6) is 0 Å². The normalized spacial score (nSPS) is 21.3. The molecule has 0 radical (unpaired) electrons. The average Bonchev–Trinajstić information content (AvgIpc) is 2.65. The first kappa shape index (κ1) is 13.9. The van der Waals surface area contributed by atoms with E-state index in [9.17, 15) is 5.11 Å². The maximum atomic E-state index is 10.7. The molecular weight excluding hydrogens is 246 g/mol. The molecule has 2 nitrogen and oxygen atoms in total. The van der Waals surface area contributed by atoms with Gasteiger partial charge < -0.3 is 10.8 Å². The molecular formula is C15H22ClNO. The van der Waals surface area contributed by atoms with E-state index in [1.165, 1.54) is 25.7 Å². The second-order valence-electron chi connectivity index (χ2n) is 5.43. The summed E-state index contributed by atoms with van der Waals surface area (Å²) >= 11 is 5.89. The molecule has 0 aromatic heterocycles. The van der Waals surface area contributed by atoms with Crippen molar-refractivity contribution >= 4 is 11.6 Å². The fraction of sp³-hybridized carbons (Fsp3) is 0.600. The van der Waals surface area contributed by atoms with Gasteiger partial charge in [0.2, 0.25) is 0 Å². The van der Waals surface area contributed by atoms with Crippen LogP contribution in [0.25, 0.3) is 0 Å². The molecule has 1 aromatic rings. The van der Waals surface area contributed by atoms with Crippen LogP contribution < -0.4 is 5.73 Å². The Labute approximate surface area is 114 Å². The van der Waals surface area contributed by atoms with E-state index in [0.717, 1.165) is 18.4 Å². The Hall–Kier alpha value is -0.570. The van der Waals surface area contributed by atoms with E-state index in [2.05, 4.69) is 0 Å². The zero-order chi connectivity index (χ0) is 13.0. The molecule has 18 heavy (non-hydrogen) atoms. The largest absolute Gasteiger partial charge is 0.388 e. The molecule has 1 fully saturated rings. The van der Waals surface area contributed by atoms with Gasteiger partial charge in [0.25, 0.3) is 0 Å². The highest BCUT2D eigenvalue weighted by Gasteiger charge is 2.37. The summed E-state index contributed by atoms with van der Waals surface area (Å²) in [6.45, 7) is 0.552. The molecule has 0 bridgehead atoms. The van der Waals surface area contributed by atoms with Gasteiger partial charge >= 0.3 is 0 Å². The first-order valence-corrected chi connectivity index (χ1v) is 7.19. The molecule has 1 aliphatic rings. The standard InChI is InChI=1S/C15H22ClNO/c16-13-7-5-12(6-8-13)14(18)15(11-17)9-3-1-2-4-10-15/h5-8,14,18H,1-4,9-11,17H2. The Morgan fingerprint density at radius 3 is 2.17 bits per heavy atom. The van der Waals surface area contributed by atoms with Gasteiger partial charge in [-0.15, -0.1) is 0 Å². The third kappa shape index (κ3) is 2.87. The summed E-state index contributed by atoms with van der Waals surface area (Å²) in [6, 6.07) is 7.49. The van der Waals surface area contributed by atoms with Gasteiger partial charge in [0.15, 0.2) is 0 Å². The van der Waals surface area contributed by atoms with E-state index >= 15 is 0 Å². The van der Waals surface area contributed by atoms with E-state index in [1.807, 2.05) is 24.3 Å². The molecule has 0 heterocycles. The van der Waals surface area contributed by atoms with E-state index in [0.29, 0.717) is 11.6 Å². The van der Waals surface area contributed by atoms with Gasteiger partial charge in [-0.25, -0.2) is 0 Å². The number of benzene rings is 1. The number of hydrogen-bond acceptors (Lipinski definition) is 2. The van der Waals surface area contributed by atoms with Crippen LogP contribution in [0.15, 0.2) is 24.3 Å². The zero-order valence-electron chi connectivity index (χ0n) is 10.7. The van der Waals surface area contributed by atoms with Crippen LogP contribution in [0.2, 0.25) is 5.02 Å². The molecule has 1 aliphatic carbocycles. The second kappa shape index (κ2) is 6.05. The van der Waals surface area contributed by atoms with E-state index in [4.69, 9.17) is 17.3 Å². The Kier molecular flexibility index (Phi) is 4.66. The Balaban J connectivity index is 2.22. The van der Waals surface area contributed by atoms with Crippen LogP contribution >= 0.6 is 11.6 Å². The topological polar surface area (TPSA) is 46.2 Å². The Morgan fingerprint density at radius 2 is 1.67 bits per heavy atom. The van der Waals surface area contributed by atoms with Crippen molar-refractivity contribution in [1.29, 1.82) is 0 Å². The molecule has 0 saturated heterocycles. The number of rotatable bonds is 3. The van der Waals surface area contributed by atoms with Crippen molar-refractivity contribution in [1.82, 2.24) is 0 Å². The van der Waals surface area contributed by atoms with Crippen LogP contribution in [0.4, 0.5) is 0 Å². The summed E-state index contributed by atoms with van der Waals surface area (Å²) in [5.41, 5.74) is 6.78. The lowest BCUT2D eigenvalue weighted by Gasteiger charge is -2.36. The van der Waals surface area contributed by atoms with Crippen molar-refractivity contribution in [3.8, 4) is 0 Å². The fourth-order valence-electron chi connectivity index (χ4n) is 3.02. The van der Waals surface area contributed by atoms with Crippen LogP contribution in [0.1, 0.15) is 50.2 Å². The summed E-state index contributed by atoms with van der Waals surface area (Å²) in [5.74, 6) is 0. The van der Waals surface area contributed by atoms with E-state index in [1.54, 1.807) is 0 Å². The predicted molar refractivity (Wildman–Crippen MR) is 75.6 cm³/mol. The minimum Gasteiger partial charge on any atom is -0.388 e. The third-order valence-corrected chi connectivity index (χ3v) is 4.52. The second-order valence-corrected chi connectivity index (χ2v) is 5.87. The lowest BCUT2D eigenvalue weighted by molar-refractivity contribution is 0.0166. The van der Waals surface area contributed by atoms with Crippen LogP contribution in [0, 0.1) is 5.41 Å². The van der Waals surface area contributed by atoms with Gasteiger partial charge in [0, 0.05) is 17.0 Å². The van der Waals surface area contributed by atoms with Crippen molar-refractivity contribution < 1.29 is 5.11 Å². The summed E-state index contributed by atoms with van der Waals surface area (Å²) in [5, 5.41) is 11.4. The molecule has 0 amide bonds. The number of halogens is 1. The molecule has 0 aliphatic heterocycles. The number of nitrogens with two attached hydrogens (primary N) is 1. The fourth-order valence-corrected chi connectivity index (χ4v) is 3.15. The van der Waals surface area contributed by atoms with Gasteiger partial charge in [0.05, 0.1) is 6.10 Å². The summed E-state index contributed by atoms with van der Waals surface area (Å²) in [7, 11) is 0. The lowest BCUT2D eigenvalue weighted by atomic mass is 9.73. The molecule has 0 spiro atoms. The quantitative estimate of drug-likeness (QED) is 0.821. The molecule has 2 rings (SSSR count). The average molecular weight is 268 g/mol. The maximum absolute atomic E-state index is 10.7. The number of aliphatic hydroxyl groups excluding tert-OH is 1. The Morgan fingerprint density at radius 1 is 1.11 bits per heavy atom. The maximum Gasteiger partial charge on any atom is 0.0858 e. The molecule has 3 heteroatoms. The van der Waals surface area contributed by atoms with Crippen molar-refractivity contribution in [2.24, 2.45) is 11.1 Å². The van der Waals surface area contributed by atoms with Crippen molar-refractivity contribution in [2.75, 3.05) is 6.54 Å². The van der Waals surface area contributed by atoms with Gasteiger partial charge in [-0.1, -0.05) is 49.4 Å². The van der Waals surface area contributed by atoms with Gasteiger partial charge in [0.1, 0.15) is 0 Å². The van der Waals surface area contributed by atoms with E-state index < -0.39 is 6.10 Å². The lowest BCUT2D eigenvalue weighted by Crippen LogP contribution is -2.36. The summed E-state index contributed by atoms with van der Waals surface area (Å²) in [4.78, 5) is 0. The highest BCUT2D eigenvalue weighted by molar-refractivity contribution is 6.30. The van der Waals surface area contributed by atoms with Crippen LogP contribution in [0.3, 0.4) is 0 Å². The summed E-state index contributed by atoms with van der Waals surface area (Å²) < 4.78 is 0. The molecule has 1 atom stereocenters. The van der Waals surface area contributed by atoms with Crippen LogP contribution in [-0.2, 0) is 0 Å². The van der Waals surface area contributed by atoms with Gasteiger partial charge in [-0.3, -0.25) is 0 Å². The molecule has 1 unspecified atom stereocenters. The first-order valence-electron chi connectivity index (χ1n) is 6.81. The molecule has 100 valence electrons. The Bertz CT molecular complexity index is 369. The highest BCUT2D eigenvalue weighted by Crippen LogP contribution is 2.44. The number of aliphatic hydroxyl groups is 1. The van der Waals surface area contributed by atoms with Gasteiger partial charge in [-0.05, 0) is 30.5 Å². The van der Waals surface area contributed by atoms with Crippen LogP contribution in [-0.4, -0.2) is 11.7 Å². The molecule has 1 saturated carbocycles. The molecule has 3 N–H and O–H groups in total. The highest BCUT2D eigenvalue weighted by atomic mass is 35.5. The van der Waals surface area contributed by atoms with E-state index in [-0.39, 0.29) is 5.41 Å². The monoisotopic (exact) mass is 267 g/mol. The first-order chi connectivity index (χ1) is 8.68. The predicted octanol–water partition coefficient (Wildman–Crippen LogP) is 3.67. The minimum absolute atomic E-state index is 0.148. The van der Waals surface area contributed by atoms with Crippen molar-refractivity contribution in [3.63, 3.8) is 0 Å². The third-order valence-electron chi connectivity index (χ3n) is 4.27. The van der Waals surface area contributed by atoms with Crippen molar-refractivity contribution in [2.45, 2.75) is 44.6 Å². The minimum atomic E-state index is -0.474. The SMILES string of the molecule is NCC1(C(O)c2ccc(Cl)cc2)CCCCCC1. The number of hydrogen-bond donors (Lipinski definition) is 2. The summed E-state index contributed by atoms with van der Waals surface area (Å²) in [6.07, 6.45) is 6.42. The van der Waals surface area contributed by atoms with Gasteiger partial charge in [-0.2, -0.15) is 0 Å². The zero-order valence-corrected chi connectivity index (χ0v) is 11.5. The molecule has 1 aromatic carbocycles. The van der Waals surface area contributed by atoms with Crippen molar-refractivity contribution in [3.05, 3.63) is 34.9 Å². The smallest absolute Gasteiger partial charge is 0.0858 e.